The highest BCUT2D eigenvalue weighted by atomic mass is 35.5. The van der Waals surface area contributed by atoms with Gasteiger partial charge >= 0.3 is 0 Å². The molecule has 2 aromatic carbocycles. The molecule has 0 saturated heterocycles. The summed E-state index contributed by atoms with van der Waals surface area (Å²) in [6, 6.07) is 11.9. The maximum Gasteiger partial charge on any atom is 0.242 e. The highest BCUT2D eigenvalue weighted by Gasteiger charge is 2.27. The van der Waals surface area contributed by atoms with Crippen LogP contribution in [0.4, 0.5) is 0 Å². The van der Waals surface area contributed by atoms with Crippen LogP contribution in [0.2, 0.25) is 15.1 Å². The highest BCUT2D eigenvalue weighted by Crippen LogP contribution is 2.27. The minimum Gasteiger partial charge on any atom is -0.355 e. The molecule has 0 bridgehead atoms. The fourth-order valence-corrected chi connectivity index (χ4v) is 3.59. The summed E-state index contributed by atoms with van der Waals surface area (Å²) in [5.41, 5.74) is 1.51. The molecular formula is C21H23Cl3N2O2. The van der Waals surface area contributed by atoms with Crippen LogP contribution in [0.5, 0.6) is 0 Å². The summed E-state index contributed by atoms with van der Waals surface area (Å²) < 4.78 is 0. The monoisotopic (exact) mass is 440 g/mol. The number of amides is 2. The van der Waals surface area contributed by atoms with Gasteiger partial charge in [-0.2, -0.15) is 0 Å². The number of likely N-dealkylation sites (N-methyl/N-ethyl adjacent to an activating group) is 1. The van der Waals surface area contributed by atoms with E-state index in [4.69, 9.17) is 34.8 Å². The van der Waals surface area contributed by atoms with E-state index in [9.17, 15) is 9.59 Å². The summed E-state index contributed by atoms with van der Waals surface area (Å²) in [4.78, 5) is 26.9. The van der Waals surface area contributed by atoms with Crippen LogP contribution < -0.4 is 5.32 Å². The summed E-state index contributed by atoms with van der Waals surface area (Å²) in [7, 11) is 0. The lowest BCUT2D eigenvalue weighted by atomic mass is 10.1. The second kappa shape index (κ2) is 10.7. The maximum atomic E-state index is 13.0. The van der Waals surface area contributed by atoms with Gasteiger partial charge in [-0.3, -0.25) is 9.59 Å². The smallest absolute Gasteiger partial charge is 0.242 e. The molecule has 0 aliphatic heterocycles. The molecule has 0 aromatic heterocycles. The van der Waals surface area contributed by atoms with Crippen molar-refractivity contribution in [3.8, 4) is 0 Å². The van der Waals surface area contributed by atoms with E-state index in [0.29, 0.717) is 33.6 Å². The third kappa shape index (κ3) is 5.87. The van der Waals surface area contributed by atoms with Gasteiger partial charge in [0.2, 0.25) is 11.8 Å². The number of nitrogens with one attached hydrogen (secondary N) is 1. The second-order valence-corrected chi connectivity index (χ2v) is 7.61. The lowest BCUT2D eigenvalue weighted by Gasteiger charge is -2.29. The number of nitrogens with zero attached hydrogens (tertiary/aromatic N) is 1. The fourth-order valence-electron chi connectivity index (χ4n) is 2.84. The largest absolute Gasteiger partial charge is 0.355 e. The quantitative estimate of drug-likeness (QED) is 0.617. The Morgan fingerprint density at radius 2 is 1.61 bits per heavy atom. The third-order valence-electron chi connectivity index (χ3n) is 4.47. The number of rotatable bonds is 8. The molecule has 0 saturated carbocycles. The molecule has 1 N–H and O–H groups in total. The van der Waals surface area contributed by atoms with Crippen LogP contribution in [-0.2, 0) is 22.6 Å². The Labute approximate surface area is 180 Å². The fraction of sp³-hybridized carbons (Fsp3) is 0.333. The molecule has 2 rings (SSSR count). The number of hydrogen-bond acceptors (Lipinski definition) is 2. The zero-order chi connectivity index (χ0) is 20.7. The molecule has 0 fully saturated rings. The first-order valence-corrected chi connectivity index (χ1v) is 10.2. The molecule has 2 amide bonds. The van der Waals surface area contributed by atoms with Gasteiger partial charge in [0.15, 0.2) is 0 Å². The molecule has 150 valence electrons. The van der Waals surface area contributed by atoms with Crippen molar-refractivity contribution in [2.75, 3.05) is 6.54 Å². The number of carbonyl (C=O) groups is 2. The molecule has 0 radical (unpaired) electrons. The van der Waals surface area contributed by atoms with Crippen molar-refractivity contribution in [2.24, 2.45) is 0 Å². The van der Waals surface area contributed by atoms with Crippen LogP contribution in [0.1, 0.15) is 31.4 Å². The summed E-state index contributed by atoms with van der Waals surface area (Å²) in [6.07, 6.45) is 0.697. The van der Waals surface area contributed by atoms with Gasteiger partial charge in [-0.25, -0.2) is 0 Å². The average Bonchev–Trinajstić information content (AvgIpc) is 2.66. The molecule has 1 atom stereocenters. The number of halogens is 3. The number of carbonyl (C=O) groups excluding carboxylic acids is 2. The van der Waals surface area contributed by atoms with Crippen molar-refractivity contribution in [1.29, 1.82) is 0 Å². The zero-order valence-electron chi connectivity index (χ0n) is 15.8. The molecule has 4 nitrogen and oxygen atoms in total. The van der Waals surface area contributed by atoms with Crippen molar-refractivity contribution in [2.45, 2.75) is 39.3 Å². The summed E-state index contributed by atoms with van der Waals surface area (Å²) in [6.45, 7) is 4.16. The Morgan fingerprint density at radius 3 is 2.21 bits per heavy atom. The Bertz CT molecular complexity index is 822. The van der Waals surface area contributed by atoms with Gasteiger partial charge in [0.1, 0.15) is 6.04 Å². The Kier molecular flexibility index (Phi) is 8.61. The summed E-state index contributed by atoms with van der Waals surface area (Å²) in [5, 5.41) is 4.29. The topological polar surface area (TPSA) is 49.4 Å². The van der Waals surface area contributed by atoms with E-state index in [2.05, 4.69) is 5.32 Å². The van der Waals surface area contributed by atoms with Crippen LogP contribution in [0, 0.1) is 0 Å². The Hall–Kier alpha value is -1.75. The van der Waals surface area contributed by atoms with Gasteiger partial charge in [0, 0.05) is 40.1 Å². The van der Waals surface area contributed by atoms with Gasteiger partial charge in [-0.15, -0.1) is 0 Å². The molecule has 28 heavy (non-hydrogen) atoms. The minimum atomic E-state index is -0.661. The molecule has 2 aromatic rings. The normalized spacial score (nSPS) is 11.8. The SMILES string of the molecule is CCNC(=O)[C@@H](C)N(Cc1c(Cl)cccc1Cl)C(=O)CCc1ccccc1Cl. The van der Waals surface area contributed by atoms with E-state index in [1.807, 2.05) is 25.1 Å². The van der Waals surface area contributed by atoms with Gasteiger partial charge in [0.25, 0.3) is 0 Å². The van der Waals surface area contributed by atoms with Crippen LogP contribution in [0.25, 0.3) is 0 Å². The van der Waals surface area contributed by atoms with Gasteiger partial charge < -0.3 is 10.2 Å². The molecule has 0 heterocycles. The molecule has 0 aliphatic rings. The third-order valence-corrected chi connectivity index (χ3v) is 5.55. The van der Waals surface area contributed by atoms with E-state index in [-0.39, 0.29) is 24.8 Å². The molecule has 0 spiro atoms. The first-order chi connectivity index (χ1) is 13.3. The molecule has 0 unspecified atom stereocenters. The van der Waals surface area contributed by atoms with E-state index in [1.165, 1.54) is 4.90 Å². The van der Waals surface area contributed by atoms with E-state index in [0.717, 1.165) is 5.56 Å². The van der Waals surface area contributed by atoms with E-state index < -0.39 is 6.04 Å². The van der Waals surface area contributed by atoms with Gasteiger partial charge in [-0.05, 0) is 44.0 Å². The standard InChI is InChI=1S/C21H23Cl3N2O2/c1-3-25-21(28)14(2)26(13-16-18(23)9-6-10-19(16)24)20(27)12-11-15-7-4-5-8-17(15)22/h4-10,14H,3,11-13H2,1-2H3,(H,25,28)/t14-/m1/s1. The molecular weight excluding hydrogens is 419 g/mol. The maximum absolute atomic E-state index is 13.0. The van der Waals surface area contributed by atoms with Crippen LogP contribution in [0.3, 0.4) is 0 Å². The zero-order valence-corrected chi connectivity index (χ0v) is 18.1. The first-order valence-electron chi connectivity index (χ1n) is 9.08. The average molecular weight is 442 g/mol. The van der Waals surface area contributed by atoms with E-state index >= 15 is 0 Å². The van der Waals surface area contributed by atoms with Gasteiger partial charge in [0.05, 0.1) is 0 Å². The summed E-state index contributed by atoms with van der Waals surface area (Å²) >= 11 is 18.7. The Balaban J connectivity index is 2.23. The van der Waals surface area contributed by atoms with Crippen LogP contribution in [-0.4, -0.2) is 29.3 Å². The number of hydrogen-bond donors (Lipinski definition) is 1. The van der Waals surface area contributed by atoms with Crippen molar-refractivity contribution >= 4 is 46.6 Å². The van der Waals surface area contributed by atoms with Crippen molar-refractivity contribution in [1.82, 2.24) is 10.2 Å². The second-order valence-electron chi connectivity index (χ2n) is 6.38. The predicted molar refractivity (Wildman–Crippen MR) is 115 cm³/mol. The minimum absolute atomic E-state index is 0.151. The van der Waals surface area contributed by atoms with Gasteiger partial charge in [-0.1, -0.05) is 59.1 Å². The van der Waals surface area contributed by atoms with Crippen molar-refractivity contribution in [3.05, 3.63) is 68.7 Å². The number of benzene rings is 2. The predicted octanol–water partition coefficient (Wildman–Crippen LogP) is 5.13. The molecule has 0 aliphatic carbocycles. The van der Waals surface area contributed by atoms with Crippen molar-refractivity contribution < 1.29 is 9.59 Å². The number of aryl methyl sites for hydroxylation is 1. The van der Waals surface area contributed by atoms with Crippen molar-refractivity contribution in [3.63, 3.8) is 0 Å². The van der Waals surface area contributed by atoms with Crippen LogP contribution >= 0.6 is 34.8 Å². The van der Waals surface area contributed by atoms with Crippen LogP contribution in [0.15, 0.2) is 42.5 Å². The van der Waals surface area contributed by atoms with E-state index in [1.54, 1.807) is 31.2 Å². The molecule has 7 heteroatoms. The highest BCUT2D eigenvalue weighted by molar-refractivity contribution is 6.36. The lowest BCUT2D eigenvalue weighted by molar-refractivity contribution is -0.140. The summed E-state index contributed by atoms with van der Waals surface area (Å²) in [5.74, 6) is -0.397. The first kappa shape index (κ1) is 22.5. The Morgan fingerprint density at radius 1 is 1.00 bits per heavy atom. The lowest BCUT2D eigenvalue weighted by Crippen LogP contribution is -2.47.